The zero-order valence-electron chi connectivity index (χ0n) is 14.1. The molecule has 3 rings (SSSR count). The Morgan fingerprint density at radius 3 is 2.62 bits per heavy atom. The lowest BCUT2D eigenvalue weighted by Gasteiger charge is -2.32. The molecule has 1 saturated heterocycles. The van der Waals surface area contributed by atoms with Crippen LogP contribution in [0.5, 0.6) is 5.88 Å². The first-order chi connectivity index (χ1) is 12.4. The van der Waals surface area contributed by atoms with E-state index in [2.05, 4.69) is 15.1 Å². The second kappa shape index (κ2) is 7.30. The van der Waals surface area contributed by atoms with Crippen LogP contribution in [-0.2, 0) is 12.7 Å². The van der Waals surface area contributed by atoms with Gasteiger partial charge in [0.2, 0.25) is 11.8 Å². The maximum atomic E-state index is 12.8. The van der Waals surface area contributed by atoms with Crippen LogP contribution in [0.3, 0.4) is 0 Å². The van der Waals surface area contributed by atoms with Crippen LogP contribution in [0.2, 0.25) is 0 Å². The molecular weight excluding hydrogens is 351 g/mol. The molecule has 7 nitrogen and oxygen atoms in total. The topological polar surface area (TPSA) is 73.1 Å². The van der Waals surface area contributed by atoms with Crippen LogP contribution < -0.4 is 15.2 Å². The van der Waals surface area contributed by atoms with Crippen molar-refractivity contribution in [3.05, 3.63) is 40.4 Å². The molecule has 3 heterocycles. The Hall–Kier alpha value is -2.65. The molecule has 1 aliphatic rings. The molecule has 0 bridgehead atoms. The minimum absolute atomic E-state index is 0.0607. The van der Waals surface area contributed by atoms with Crippen LogP contribution in [0.4, 0.5) is 19.1 Å². The molecule has 0 saturated carbocycles. The highest BCUT2D eigenvalue weighted by atomic mass is 19.4. The highest BCUT2D eigenvalue weighted by molar-refractivity contribution is 5.32. The van der Waals surface area contributed by atoms with Crippen molar-refractivity contribution in [2.45, 2.75) is 25.6 Å². The van der Waals surface area contributed by atoms with Gasteiger partial charge in [0.15, 0.2) is 5.69 Å². The smallest absolute Gasteiger partial charge is 0.435 e. The number of piperidine rings is 1. The van der Waals surface area contributed by atoms with E-state index in [0.717, 1.165) is 10.7 Å². The first kappa shape index (κ1) is 18.2. The van der Waals surface area contributed by atoms with E-state index in [1.807, 2.05) is 4.90 Å². The van der Waals surface area contributed by atoms with Crippen molar-refractivity contribution in [3.8, 4) is 5.88 Å². The number of nitrogens with zero attached hydrogens (tertiary/aromatic N) is 5. The van der Waals surface area contributed by atoms with Crippen molar-refractivity contribution in [2.75, 3.05) is 25.1 Å². The third-order valence-corrected chi connectivity index (χ3v) is 4.31. The second-order valence-corrected chi connectivity index (χ2v) is 6.07. The molecule has 0 radical (unpaired) electrons. The van der Waals surface area contributed by atoms with Crippen molar-refractivity contribution in [1.82, 2.24) is 19.7 Å². The van der Waals surface area contributed by atoms with Gasteiger partial charge in [0.1, 0.15) is 0 Å². The number of aromatic nitrogens is 4. The highest BCUT2D eigenvalue weighted by Gasteiger charge is 2.33. The molecule has 2 aromatic rings. The van der Waals surface area contributed by atoms with Gasteiger partial charge in [-0.05, 0) is 24.8 Å². The normalized spacial score (nSPS) is 15.9. The standard InChI is InChI=1S/C16H18F3N5O2/c1-26-13-4-7-20-15(21-13)23-8-5-11(6-9-23)10-24-14(25)3-2-12(22-24)16(17,18)19/h2-4,7,11H,5-6,8-10H2,1H3. The Morgan fingerprint density at radius 2 is 1.96 bits per heavy atom. The van der Waals surface area contributed by atoms with E-state index in [9.17, 15) is 18.0 Å². The van der Waals surface area contributed by atoms with Gasteiger partial charge in [-0.25, -0.2) is 9.67 Å². The summed E-state index contributed by atoms with van der Waals surface area (Å²) < 4.78 is 44.3. The first-order valence-electron chi connectivity index (χ1n) is 8.14. The van der Waals surface area contributed by atoms with Gasteiger partial charge < -0.3 is 9.64 Å². The van der Waals surface area contributed by atoms with Gasteiger partial charge in [0.25, 0.3) is 5.56 Å². The summed E-state index contributed by atoms with van der Waals surface area (Å²) in [6.07, 6.45) is -1.56. The Bertz CT molecular complexity index is 816. The monoisotopic (exact) mass is 369 g/mol. The third-order valence-electron chi connectivity index (χ3n) is 4.31. The van der Waals surface area contributed by atoms with Gasteiger partial charge in [0, 0.05) is 38.0 Å². The molecule has 140 valence electrons. The molecule has 2 aromatic heterocycles. The van der Waals surface area contributed by atoms with Crippen LogP contribution >= 0.6 is 0 Å². The minimum Gasteiger partial charge on any atom is -0.481 e. The van der Waals surface area contributed by atoms with Gasteiger partial charge in [0.05, 0.1) is 7.11 Å². The SMILES string of the molecule is COc1ccnc(N2CCC(Cn3nc(C(F)(F)F)ccc3=O)CC2)n1. The number of alkyl halides is 3. The van der Waals surface area contributed by atoms with Crippen LogP contribution in [-0.4, -0.2) is 39.9 Å². The van der Waals surface area contributed by atoms with Gasteiger partial charge >= 0.3 is 6.18 Å². The van der Waals surface area contributed by atoms with Gasteiger partial charge in [-0.15, -0.1) is 0 Å². The van der Waals surface area contributed by atoms with E-state index < -0.39 is 17.4 Å². The van der Waals surface area contributed by atoms with Gasteiger partial charge in [-0.1, -0.05) is 0 Å². The lowest BCUT2D eigenvalue weighted by molar-refractivity contribution is -0.142. The van der Waals surface area contributed by atoms with E-state index >= 15 is 0 Å². The van der Waals surface area contributed by atoms with Crippen molar-refractivity contribution < 1.29 is 17.9 Å². The molecule has 0 N–H and O–H groups in total. The molecule has 10 heteroatoms. The van der Waals surface area contributed by atoms with E-state index in [1.54, 1.807) is 12.3 Å². The maximum Gasteiger partial charge on any atom is 0.435 e. The van der Waals surface area contributed by atoms with E-state index in [-0.39, 0.29) is 12.5 Å². The van der Waals surface area contributed by atoms with Crippen LogP contribution in [0.1, 0.15) is 18.5 Å². The van der Waals surface area contributed by atoms with Crippen molar-refractivity contribution in [3.63, 3.8) is 0 Å². The minimum atomic E-state index is -4.57. The lowest BCUT2D eigenvalue weighted by Crippen LogP contribution is -2.38. The average molecular weight is 369 g/mol. The van der Waals surface area contributed by atoms with E-state index in [4.69, 9.17) is 4.74 Å². The highest BCUT2D eigenvalue weighted by Crippen LogP contribution is 2.27. The number of hydrogen-bond acceptors (Lipinski definition) is 6. The zero-order chi connectivity index (χ0) is 18.7. The van der Waals surface area contributed by atoms with Crippen LogP contribution in [0, 0.1) is 5.92 Å². The summed E-state index contributed by atoms with van der Waals surface area (Å²) >= 11 is 0. The molecule has 0 aromatic carbocycles. The molecule has 0 amide bonds. The summed E-state index contributed by atoms with van der Waals surface area (Å²) in [7, 11) is 1.53. The fourth-order valence-corrected chi connectivity index (χ4v) is 2.89. The fraction of sp³-hybridized carbons (Fsp3) is 0.500. The van der Waals surface area contributed by atoms with Crippen LogP contribution in [0.25, 0.3) is 0 Å². The summed E-state index contributed by atoms with van der Waals surface area (Å²) in [6, 6.07) is 3.28. The summed E-state index contributed by atoms with van der Waals surface area (Å²) in [6.45, 7) is 1.45. The Morgan fingerprint density at radius 1 is 1.23 bits per heavy atom. The molecular formula is C16H18F3N5O2. The van der Waals surface area contributed by atoms with E-state index in [1.165, 1.54) is 7.11 Å². The predicted molar refractivity (Wildman–Crippen MR) is 87.0 cm³/mol. The molecule has 0 unspecified atom stereocenters. The number of hydrogen-bond donors (Lipinski definition) is 0. The number of methoxy groups -OCH3 is 1. The molecule has 0 atom stereocenters. The van der Waals surface area contributed by atoms with Gasteiger partial charge in [-0.2, -0.15) is 23.3 Å². The van der Waals surface area contributed by atoms with Crippen molar-refractivity contribution in [2.24, 2.45) is 5.92 Å². The molecule has 0 aliphatic carbocycles. The van der Waals surface area contributed by atoms with Crippen LogP contribution in [0.15, 0.2) is 29.2 Å². The summed E-state index contributed by atoms with van der Waals surface area (Å²) in [5.41, 5.74) is -1.59. The largest absolute Gasteiger partial charge is 0.481 e. The number of anilines is 1. The molecule has 1 fully saturated rings. The maximum absolute atomic E-state index is 12.8. The lowest BCUT2D eigenvalue weighted by atomic mass is 9.97. The zero-order valence-corrected chi connectivity index (χ0v) is 14.1. The molecule has 1 aliphatic heterocycles. The summed E-state index contributed by atoms with van der Waals surface area (Å²) in [5, 5.41) is 3.46. The number of halogens is 3. The quantitative estimate of drug-likeness (QED) is 0.821. The number of rotatable bonds is 4. The number of ether oxygens (including phenoxy) is 1. The Balaban J connectivity index is 1.65. The second-order valence-electron chi connectivity index (χ2n) is 6.07. The van der Waals surface area contributed by atoms with Gasteiger partial charge in [-0.3, -0.25) is 4.79 Å². The molecule has 26 heavy (non-hydrogen) atoms. The Kier molecular flexibility index (Phi) is 5.10. The fourth-order valence-electron chi connectivity index (χ4n) is 2.89. The van der Waals surface area contributed by atoms with Crippen molar-refractivity contribution in [1.29, 1.82) is 0 Å². The summed E-state index contributed by atoms with van der Waals surface area (Å²) in [4.78, 5) is 22.3. The van der Waals surface area contributed by atoms with Crippen molar-refractivity contribution >= 4 is 5.95 Å². The summed E-state index contributed by atoms with van der Waals surface area (Å²) in [5.74, 6) is 1.08. The first-order valence-corrected chi connectivity index (χ1v) is 8.14. The Labute approximate surface area is 147 Å². The third kappa shape index (κ3) is 4.12. The van der Waals surface area contributed by atoms with E-state index in [0.29, 0.717) is 43.8 Å². The predicted octanol–water partition coefficient (Wildman–Crippen LogP) is 1.98. The molecule has 0 spiro atoms. The average Bonchev–Trinajstić information content (AvgIpc) is 2.63.